The molecule has 0 aliphatic rings. The predicted molar refractivity (Wildman–Crippen MR) is 33.8 cm³/mol. The van der Waals surface area contributed by atoms with Crippen molar-refractivity contribution in [3.05, 3.63) is 22.6 Å². The molecule has 1 rings (SSSR count). The van der Waals surface area contributed by atoms with E-state index in [2.05, 4.69) is 15.9 Å². The van der Waals surface area contributed by atoms with Crippen LogP contribution in [-0.2, 0) is 0 Å². The molecule has 0 saturated carbocycles. The first kappa shape index (κ1) is 6.35. The van der Waals surface area contributed by atoms with Crippen molar-refractivity contribution in [1.29, 1.82) is 0 Å². The van der Waals surface area contributed by atoms with Gasteiger partial charge in [0.1, 0.15) is 0 Å². The van der Waals surface area contributed by atoms with Crippen molar-refractivity contribution in [3.63, 3.8) is 0 Å². The summed E-state index contributed by atoms with van der Waals surface area (Å²) in [6.07, 6.45) is 0. The van der Waals surface area contributed by atoms with Crippen molar-refractivity contribution in [3.8, 4) is 0 Å². The Labute approximate surface area is 60.0 Å². The van der Waals surface area contributed by atoms with Crippen molar-refractivity contribution < 1.29 is 9.21 Å². The maximum atomic E-state index is 10.2. The van der Waals surface area contributed by atoms with Crippen LogP contribution < -0.4 is 5.73 Å². The van der Waals surface area contributed by atoms with Crippen LogP contribution >= 0.6 is 15.9 Å². The molecule has 0 fully saturated rings. The number of rotatable bonds is 1. The van der Waals surface area contributed by atoms with Crippen molar-refractivity contribution >= 4 is 21.8 Å². The van der Waals surface area contributed by atoms with Crippen LogP contribution in [0.5, 0.6) is 0 Å². The lowest BCUT2D eigenvalue weighted by Crippen LogP contribution is -1.94. The summed E-state index contributed by atoms with van der Waals surface area (Å²) in [4.78, 5) is 10.2. The van der Waals surface area contributed by atoms with Crippen LogP contribution in [0.1, 0.15) is 10.6 Å². The van der Waals surface area contributed by atoms with Crippen LogP contribution in [0.15, 0.2) is 21.2 Å². The number of hydrogen-bond donors (Lipinski definition) is 0. The minimum atomic E-state index is -0.805. The average molecular weight is 189 g/mol. The highest BCUT2D eigenvalue weighted by atomic mass is 79.9. The molecule has 9 heavy (non-hydrogen) atoms. The zero-order valence-electron chi connectivity index (χ0n) is 4.35. The largest absolute Gasteiger partial charge is 0.444 e. The fraction of sp³-hybridized carbons (Fsp3) is 0. The maximum absolute atomic E-state index is 10.2. The minimum Gasteiger partial charge on any atom is -0.444 e. The lowest BCUT2D eigenvalue weighted by Gasteiger charge is -1.81. The molecule has 0 aliphatic carbocycles. The maximum Gasteiger partial charge on any atom is 0.305 e. The molecule has 0 aromatic carbocycles. The number of carbonyl (C=O) groups is 1. The zero-order chi connectivity index (χ0) is 6.85. The first-order chi connectivity index (χ1) is 4.20. The van der Waals surface area contributed by atoms with Crippen molar-refractivity contribution in [1.82, 2.24) is 5.73 Å². The molecule has 0 saturated heterocycles. The summed E-state index contributed by atoms with van der Waals surface area (Å²) in [7, 11) is 0. The van der Waals surface area contributed by atoms with E-state index in [0.717, 1.165) is 0 Å². The highest BCUT2D eigenvalue weighted by molar-refractivity contribution is 9.10. The van der Waals surface area contributed by atoms with E-state index in [9.17, 15) is 4.79 Å². The number of halogens is 1. The lowest BCUT2D eigenvalue weighted by molar-refractivity contribution is 0.0964. The topological polar surface area (TPSA) is 54.0 Å². The van der Waals surface area contributed by atoms with Gasteiger partial charge in [0.15, 0.2) is 10.4 Å². The van der Waals surface area contributed by atoms with Crippen LogP contribution in [0.2, 0.25) is 0 Å². The van der Waals surface area contributed by atoms with Crippen LogP contribution in [0.25, 0.3) is 0 Å². The SMILES string of the molecule is [NH]C(=O)c1ccc(Br)o1. The number of nitrogens with one attached hydrogen (secondary N) is 1. The average Bonchev–Trinajstić information content (AvgIpc) is 2.14. The van der Waals surface area contributed by atoms with Crippen molar-refractivity contribution in [2.75, 3.05) is 0 Å². The van der Waals surface area contributed by atoms with Gasteiger partial charge >= 0.3 is 5.91 Å². The Morgan fingerprint density at radius 1 is 1.67 bits per heavy atom. The van der Waals surface area contributed by atoms with Gasteiger partial charge in [0.05, 0.1) is 0 Å². The molecular weight excluding hydrogens is 186 g/mol. The van der Waals surface area contributed by atoms with E-state index in [1.54, 1.807) is 6.07 Å². The number of carbonyl (C=O) groups excluding carboxylic acids is 1. The van der Waals surface area contributed by atoms with E-state index in [1.807, 2.05) is 0 Å². The third-order valence-corrected chi connectivity index (χ3v) is 1.22. The molecule has 1 aromatic heterocycles. The summed E-state index contributed by atoms with van der Waals surface area (Å²) >= 11 is 3.00. The summed E-state index contributed by atoms with van der Waals surface area (Å²) in [5.74, 6) is -0.748. The molecule has 1 heterocycles. The number of furan rings is 1. The van der Waals surface area contributed by atoms with Gasteiger partial charge in [-0.15, -0.1) is 0 Å². The van der Waals surface area contributed by atoms with Crippen molar-refractivity contribution in [2.24, 2.45) is 0 Å². The summed E-state index contributed by atoms with van der Waals surface area (Å²) in [6.45, 7) is 0. The molecule has 0 atom stereocenters. The zero-order valence-corrected chi connectivity index (χ0v) is 5.94. The van der Waals surface area contributed by atoms with Crippen LogP contribution in [0.3, 0.4) is 0 Å². The van der Waals surface area contributed by atoms with Crippen LogP contribution in [0.4, 0.5) is 0 Å². The Morgan fingerprint density at radius 3 is 2.56 bits per heavy atom. The number of hydrogen-bond acceptors (Lipinski definition) is 2. The quantitative estimate of drug-likeness (QED) is 0.671. The van der Waals surface area contributed by atoms with Gasteiger partial charge in [-0.25, -0.2) is 0 Å². The normalized spacial score (nSPS) is 9.44. The Kier molecular flexibility index (Phi) is 1.57. The highest BCUT2D eigenvalue weighted by Crippen LogP contribution is 2.13. The van der Waals surface area contributed by atoms with Gasteiger partial charge in [-0.3, -0.25) is 10.5 Å². The second kappa shape index (κ2) is 2.23. The Bertz CT molecular complexity index is 231. The van der Waals surface area contributed by atoms with Gasteiger partial charge in [0.2, 0.25) is 0 Å². The summed E-state index contributed by atoms with van der Waals surface area (Å²) in [5.41, 5.74) is 6.58. The highest BCUT2D eigenvalue weighted by Gasteiger charge is 2.04. The standard InChI is InChI=1S/C5H3BrNO2/c6-4-2-1-3(9-4)5(7)8/h1-2,7H. The monoisotopic (exact) mass is 188 g/mol. The van der Waals surface area contributed by atoms with E-state index in [-0.39, 0.29) is 5.76 Å². The van der Waals surface area contributed by atoms with Crippen LogP contribution in [0, 0.1) is 0 Å². The molecule has 0 aliphatic heterocycles. The molecule has 4 heteroatoms. The third-order valence-electron chi connectivity index (χ3n) is 0.797. The van der Waals surface area contributed by atoms with Gasteiger partial charge < -0.3 is 4.42 Å². The van der Waals surface area contributed by atoms with E-state index >= 15 is 0 Å². The third kappa shape index (κ3) is 1.32. The fourth-order valence-corrected chi connectivity index (χ4v) is 0.743. The van der Waals surface area contributed by atoms with Gasteiger partial charge in [0.25, 0.3) is 0 Å². The van der Waals surface area contributed by atoms with Gasteiger partial charge in [-0.05, 0) is 28.1 Å². The first-order valence-corrected chi connectivity index (χ1v) is 3.01. The molecule has 0 unspecified atom stereocenters. The predicted octanol–water partition coefficient (Wildman–Crippen LogP) is 1.47. The molecule has 1 aromatic rings. The first-order valence-electron chi connectivity index (χ1n) is 2.21. The molecule has 1 radical (unpaired) electrons. The second-order valence-corrected chi connectivity index (χ2v) is 2.21. The molecule has 0 spiro atoms. The van der Waals surface area contributed by atoms with Crippen LogP contribution in [-0.4, -0.2) is 5.91 Å². The second-order valence-electron chi connectivity index (χ2n) is 1.43. The van der Waals surface area contributed by atoms with Gasteiger partial charge in [-0.1, -0.05) is 0 Å². The Hall–Kier alpha value is -0.770. The smallest absolute Gasteiger partial charge is 0.305 e. The fourth-order valence-electron chi connectivity index (χ4n) is 0.436. The molecule has 1 amide bonds. The summed E-state index contributed by atoms with van der Waals surface area (Å²) in [6, 6.07) is 3.02. The van der Waals surface area contributed by atoms with Gasteiger partial charge in [0, 0.05) is 0 Å². The molecule has 1 N–H and O–H groups in total. The molecule has 3 nitrogen and oxygen atoms in total. The van der Waals surface area contributed by atoms with Crippen molar-refractivity contribution in [2.45, 2.75) is 0 Å². The Morgan fingerprint density at radius 2 is 2.33 bits per heavy atom. The van der Waals surface area contributed by atoms with E-state index in [1.165, 1.54) is 6.07 Å². The number of amides is 1. The van der Waals surface area contributed by atoms with E-state index < -0.39 is 5.91 Å². The van der Waals surface area contributed by atoms with Gasteiger partial charge in [-0.2, -0.15) is 0 Å². The summed E-state index contributed by atoms with van der Waals surface area (Å²) < 4.78 is 5.19. The summed E-state index contributed by atoms with van der Waals surface area (Å²) in [5, 5.41) is 0. The molecule has 0 bridgehead atoms. The minimum absolute atomic E-state index is 0.0573. The molecule has 47 valence electrons. The van der Waals surface area contributed by atoms with E-state index in [4.69, 9.17) is 10.2 Å². The Balaban J connectivity index is 2.98. The lowest BCUT2D eigenvalue weighted by atomic mass is 10.4. The molecular formula is C5H3BrNO2. The van der Waals surface area contributed by atoms with E-state index in [0.29, 0.717) is 4.67 Å².